The van der Waals surface area contributed by atoms with Gasteiger partial charge >= 0.3 is 0 Å². The van der Waals surface area contributed by atoms with Crippen LogP contribution >= 0.6 is 35.6 Å². The van der Waals surface area contributed by atoms with E-state index < -0.39 is 0 Å². The van der Waals surface area contributed by atoms with Gasteiger partial charge in [0, 0.05) is 50.7 Å². The van der Waals surface area contributed by atoms with Gasteiger partial charge in [0.25, 0.3) is 0 Å². The molecule has 26 heavy (non-hydrogen) atoms. The van der Waals surface area contributed by atoms with Gasteiger partial charge in [-0.05, 0) is 25.5 Å². The molecule has 1 aliphatic rings. The van der Waals surface area contributed by atoms with Crippen molar-refractivity contribution in [2.45, 2.75) is 25.9 Å². The van der Waals surface area contributed by atoms with Crippen molar-refractivity contribution >= 4 is 47.4 Å². The van der Waals surface area contributed by atoms with Gasteiger partial charge in [-0.3, -0.25) is 4.68 Å². The summed E-state index contributed by atoms with van der Waals surface area (Å²) in [7, 11) is 1.91. The van der Waals surface area contributed by atoms with Crippen molar-refractivity contribution in [3.8, 4) is 0 Å². The Morgan fingerprint density at radius 1 is 1.46 bits per heavy atom. The Kier molecular flexibility index (Phi) is 7.95. The largest absolute Gasteiger partial charge is 0.357 e. The summed E-state index contributed by atoms with van der Waals surface area (Å²) in [5.41, 5.74) is 1.09. The summed E-state index contributed by atoms with van der Waals surface area (Å²) < 4.78 is 1.79. The Labute approximate surface area is 176 Å². The molecule has 0 amide bonds. The van der Waals surface area contributed by atoms with Crippen LogP contribution in [0.15, 0.2) is 35.7 Å². The van der Waals surface area contributed by atoms with Gasteiger partial charge in [0.15, 0.2) is 5.96 Å². The number of pyridine rings is 1. The van der Waals surface area contributed by atoms with Gasteiger partial charge in [-0.15, -0.1) is 24.0 Å². The molecular weight excluding hydrogens is 465 g/mol. The fourth-order valence-electron chi connectivity index (χ4n) is 2.92. The lowest BCUT2D eigenvalue weighted by atomic mass is 10.3. The SMILES string of the molecule is CCNC(=NCc1cnn(C)c1)NC1CCN(c2ncccc2Cl)C1.I. The number of guanidine groups is 1. The van der Waals surface area contributed by atoms with E-state index in [0.717, 1.165) is 43.4 Å². The van der Waals surface area contributed by atoms with E-state index in [-0.39, 0.29) is 24.0 Å². The molecule has 1 saturated heterocycles. The molecule has 3 rings (SSSR count). The maximum absolute atomic E-state index is 6.26. The zero-order valence-electron chi connectivity index (χ0n) is 15.0. The zero-order chi connectivity index (χ0) is 17.6. The summed E-state index contributed by atoms with van der Waals surface area (Å²) in [6.07, 6.45) is 6.62. The molecule has 9 heteroatoms. The van der Waals surface area contributed by atoms with Crippen LogP contribution in [0.3, 0.4) is 0 Å². The number of hydrogen-bond donors (Lipinski definition) is 2. The molecule has 0 bridgehead atoms. The van der Waals surface area contributed by atoms with Gasteiger partial charge in [-0.2, -0.15) is 5.10 Å². The Balaban J connectivity index is 0.00000243. The first-order valence-corrected chi connectivity index (χ1v) is 8.91. The van der Waals surface area contributed by atoms with E-state index in [0.29, 0.717) is 17.6 Å². The third kappa shape index (κ3) is 5.47. The van der Waals surface area contributed by atoms with E-state index in [1.54, 1.807) is 10.9 Å². The van der Waals surface area contributed by atoms with Crippen LogP contribution in [-0.4, -0.2) is 46.4 Å². The van der Waals surface area contributed by atoms with Crippen LogP contribution in [0.2, 0.25) is 5.02 Å². The molecule has 142 valence electrons. The number of anilines is 1. The molecule has 1 fully saturated rings. The first-order valence-electron chi connectivity index (χ1n) is 8.53. The molecule has 0 aromatic carbocycles. The first kappa shape index (κ1) is 20.8. The summed E-state index contributed by atoms with van der Waals surface area (Å²) in [6, 6.07) is 4.04. The van der Waals surface area contributed by atoms with Crippen LogP contribution in [0.25, 0.3) is 0 Å². The molecule has 0 aliphatic carbocycles. The van der Waals surface area contributed by atoms with Crippen molar-refractivity contribution < 1.29 is 0 Å². The highest BCUT2D eigenvalue weighted by Crippen LogP contribution is 2.25. The van der Waals surface area contributed by atoms with E-state index >= 15 is 0 Å². The van der Waals surface area contributed by atoms with Crippen LogP contribution < -0.4 is 15.5 Å². The standard InChI is InChI=1S/C17H24ClN7.HI/c1-3-19-17(21-9-13-10-22-24(2)11-13)23-14-6-8-25(12-14)16-15(18)5-4-7-20-16;/h4-5,7,10-11,14H,3,6,8-9,12H2,1-2H3,(H2,19,21,23);1H. The van der Waals surface area contributed by atoms with E-state index in [1.807, 2.05) is 31.6 Å². The molecule has 0 spiro atoms. The van der Waals surface area contributed by atoms with Crippen LogP contribution in [-0.2, 0) is 13.6 Å². The predicted octanol–water partition coefficient (Wildman–Crippen LogP) is 2.42. The molecule has 1 unspecified atom stereocenters. The maximum atomic E-state index is 6.26. The van der Waals surface area contributed by atoms with E-state index in [9.17, 15) is 0 Å². The highest BCUT2D eigenvalue weighted by atomic mass is 127. The topological polar surface area (TPSA) is 70.4 Å². The van der Waals surface area contributed by atoms with E-state index in [4.69, 9.17) is 11.6 Å². The monoisotopic (exact) mass is 489 g/mol. The Morgan fingerprint density at radius 2 is 2.31 bits per heavy atom. The lowest BCUT2D eigenvalue weighted by Gasteiger charge is -2.20. The second-order valence-corrected chi connectivity index (χ2v) is 6.51. The predicted molar refractivity (Wildman–Crippen MR) is 116 cm³/mol. The Hall–Kier alpha value is -1.55. The molecule has 1 aliphatic heterocycles. The van der Waals surface area contributed by atoms with Gasteiger partial charge in [0.05, 0.1) is 17.8 Å². The van der Waals surface area contributed by atoms with Crippen molar-refractivity contribution in [1.29, 1.82) is 0 Å². The Bertz CT molecular complexity index is 733. The molecule has 0 radical (unpaired) electrons. The number of aryl methyl sites for hydroxylation is 1. The summed E-state index contributed by atoms with van der Waals surface area (Å²) in [4.78, 5) is 11.3. The van der Waals surface area contributed by atoms with Crippen LogP contribution in [0.4, 0.5) is 5.82 Å². The van der Waals surface area contributed by atoms with Crippen molar-refractivity contribution in [2.24, 2.45) is 12.0 Å². The average molecular weight is 490 g/mol. The van der Waals surface area contributed by atoms with Crippen LogP contribution in [0.5, 0.6) is 0 Å². The summed E-state index contributed by atoms with van der Waals surface area (Å²) in [6.45, 7) is 5.27. The molecule has 2 aromatic rings. The third-order valence-corrected chi connectivity index (χ3v) is 4.39. The lowest BCUT2D eigenvalue weighted by molar-refractivity contribution is 0.648. The van der Waals surface area contributed by atoms with Gasteiger partial charge < -0.3 is 15.5 Å². The number of nitrogens with one attached hydrogen (secondary N) is 2. The number of rotatable bonds is 5. The number of aliphatic imine (C=N–C) groups is 1. The van der Waals surface area contributed by atoms with Gasteiger partial charge in [0.1, 0.15) is 5.82 Å². The normalized spacial score (nSPS) is 17.1. The fourth-order valence-corrected chi connectivity index (χ4v) is 3.16. The minimum atomic E-state index is 0. The van der Waals surface area contributed by atoms with E-state index in [1.165, 1.54) is 0 Å². The maximum Gasteiger partial charge on any atom is 0.191 e. The second-order valence-electron chi connectivity index (χ2n) is 6.10. The van der Waals surface area contributed by atoms with E-state index in [2.05, 4.69) is 37.5 Å². The quantitative estimate of drug-likeness (QED) is 0.383. The van der Waals surface area contributed by atoms with Crippen molar-refractivity contribution in [1.82, 2.24) is 25.4 Å². The van der Waals surface area contributed by atoms with Crippen molar-refractivity contribution in [2.75, 3.05) is 24.5 Å². The minimum Gasteiger partial charge on any atom is -0.357 e. The number of halogens is 2. The summed E-state index contributed by atoms with van der Waals surface area (Å²) in [5, 5.41) is 11.7. The molecule has 1 atom stereocenters. The van der Waals surface area contributed by atoms with Crippen LogP contribution in [0.1, 0.15) is 18.9 Å². The molecule has 2 N–H and O–H groups in total. The zero-order valence-corrected chi connectivity index (χ0v) is 18.1. The van der Waals surface area contributed by atoms with Crippen LogP contribution in [0, 0.1) is 0 Å². The molecular formula is C17H25ClIN7. The van der Waals surface area contributed by atoms with Gasteiger partial charge in [-0.25, -0.2) is 9.98 Å². The lowest BCUT2D eigenvalue weighted by Crippen LogP contribution is -2.44. The summed E-state index contributed by atoms with van der Waals surface area (Å²) >= 11 is 6.26. The molecule has 0 saturated carbocycles. The highest BCUT2D eigenvalue weighted by molar-refractivity contribution is 14.0. The summed E-state index contributed by atoms with van der Waals surface area (Å²) in [5.74, 6) is 1.68. The second kappa shape index (κ2) is 9.96. The highest BCUT2D eigenvalue weighted by Gasteiger charge is 2.25. The molecule has 2 aromatic heterocycles. The average Bonchev–Trinajstić information content (AvgIpc) is 3.22. The fraction of sp³-hybridized carbons (Fsp3) is 0.471. The number of aromatic nitrogens is 3. The first-order chi connectivity index (χ1) is 12.2. The molecule has 7 nitrogen and oxygen atoms in total. The number of hydrogen-bond acceptors (Lipinski definition) is 4. The van der Waals surface area contributed by atoms with Crippen molar-refractivity contribution in [3.05, 3.63) is 41.3 Å². The van der Waals surface area contributed by atoms with Crippen molar-refractivity contribution in [3.63, 3.8) is 0 Å². The minimum absolute atomic E-state index is 0. The van der Waals surface area contributed by atoms with Gasteiger partial charge in [-0.1, -0.05) is 11.6 Å². The Morgan fingerprint density at radius 3 is 3.00 bits per heavy atom. The smallest absolute Gasteiger partial charge is 0.191 e. The molecule has 3 heterocycles. The number of nitrogens with zero attached hydrogens (tertiary/aromatic N) is 5. The third-order valence-electron chi connectivity index (χ3n) is 4.09. The van der Waals surface area contributed by atoms with Gasteiger partial charge in [0.2, 0.25) is 0 Å².